The van der Waals surface area contributed by atoms with E-state index in [1.807, 2.05) is 66.1 Å². The summed E-state index contributed by atoms with van der Waals surface area (Å²) in [6, 6.07) is 16.9. The van der Waals surface area contributed by atoms with E-state index in [2.05, 4.69) is 22.4 Å². The van der Waals surface area contributed by atoms with Gasteiger partial charge in [0.15, 0.2) is 5.16 Å². The molecule has 2 aromatic carbocycles. The van der Waals surface area contributed by atoms with E-state index in [0.717, 1.165) is 35.3 Å². The summed E-state index contributed by atoms with van der Waals surface area (Å²) in [5.41, 5.74) is 0.729. The minimum absolute atomic E-state index is 0.0742. The SMILES string of the molecule is CCCCCn1cnnc1S[C@@H](C)C(=O)Nc1ccc(Oc2ccccc2)cc1. The summed E-state index contributed by atoms with van der Waals surface area (Å²) in [6.07, 6.45) is 5.15. The lowest BCUT2D eigenvalue weighted by Crippen LogP contribution is -2.22. The first-order valence-corrected chi connectivity index (χ1v) is 10.7. The number of benzene rings is 2. The van der Waals surface area contributed by atoms with Crippen molar-refractivity contribution in [1.29, 1.82) is 0 Å². The molecule has 0 aliphatic rings. The maximum Gasteiger partial charge on any atom is 0.237 e. The highest BCUT2D eigenvalue weighted by molar-refractivity contribution is 8.00. The predicted octanol–water partition coefficient (Wildman–Crippen LogP) is 5.38. The highest BCUT2D eigenvalue weighted by Crippen LogP contribution is 2.25. The second kappa shape index (κ2) is 10.7. The zero-order valence-corrected chi connectivity index (χ0v) is 17.6. The predicted molar refractivity (Wildman–Crippen MR) is 116 cm³/mol. The number of aromatic nitrogens is 3. The lowest BCUT2D eigenvalue weighted by Gasteiger charge is -2.13. The summed E-state index contributed by atoms with van der Waals surface area (Å²) in [5.74, 6) is 1.42. The van der Waals surface area contributed by atoms with Gasteiger partial charge in [0.1, 0.15) is 17.8 Å². The van der Waals surface area contributed by atoms with Gasteiger partial charge in [-0.25, -0.2) is 0 Å². The molecule has 3 rings (SSSR count). The molecule has 0 aliphatic carbocycles. The number of hydrogen-bond acceptors (Lipinski definition) is 5. The summed E-state index contributed by atoms with van der Waals surface area (Å²) in [6.45, 7) is 4.92. The van der Waals surface area contributed by atoms with Crippen molar-refractivity contribution >= 4 is 23.4 Å². The van der Waals surface area contributed by atoms with Crippen molar-refractivity contribution in [2.24, 2.45) is 0 Å². The normalized spacial score (nSPS) is 11.8. The molecular formula is C22H26N4O2S. The van der Waals surface area contributed by atoms with Crippen molar-refractivity contribution in [2.75, 3.05) is 5.32 Å². The van der Waals surface area contributed by atoms with Crippen molar-refractivity contribution in [3.8, 4) is 11.5 Å². The van der Waals surface area contributed by atoms with E-state index in [1.54, 1.807) is 6.33 Å². The maximum absolute atomic E-state index is 12.6. The van der Waals surface area contributed by atoms with Crippen LogP contribution in [0, 0.1) is 0 Å². The number of carbonyl (C=O) groups excluding carboxylic acids is 1. The number of anilines is 1. The quantitative estimate of drug-likeness (QED) is 0.359. The van der Waals surface area contributed by atoms with E-state index in [-0.39, 0.29) is 11.2 Å². The molecule has 1 amide bonds. The maximum atomic E-state index is 12.6. The Morgan fingerprint density at radius 2 is 1.83 bits per heavy atom. The van der Waals surface area contributed by atoms with E-state index in [4.69, 9.17) is 4.74 Å². The number of amides is 1. The van der Waals surface area contributed by atoms with Gasteiger partial charge >= 0.3 is 0 Å². The summed E-state index contributed by atoms with van der Waals surface area (Å²) in [4.78, 5) is 12.6. The third-order valence-corrected chi connectivity index (χ3v) is 5.43. The molecule has 1 heterocycles. The highest BCUT2D eigenvalue weighted by Gasteiger charge is 2.18. The molecule has 0 spiro atoms. The Kier molecular flexibility index (Phi) is 7.69. The molecule has 7 heteroatoms. The van der Waals surface area contributed by atoms with E-state index in [9.17, 15) is 4.79 Å². The summed E-state index contributed by atoms with van der Waals surface area (Å²) in [7, 11) is 0. The van der Waals surface area contributed by atoms with Gasteiger partial charge in [0.25, 0.3) is 0 Å². The Morgan fingerprint density at radius 1 is 1.10 bits per heavy atom. The van der Waals surface area contributed by atoms with Gasteiger partial charge in [-0.15, -0.1) is 10.2 Å². The number of unbranched alkanes of at least 4 members (excludes halogenated alkanes) is 2. The van der Waals surface area contributed by atoms with Gasteiger partial charge in [-0.2, -0.15) is 0 Å². The number of nitrogens with zero attached hydrogens (tertiary/aromatic N) is 3. The zero-order valence-electron chi connectivity index (χ0n) is 16.7. The van der Waals surface area contributed by atoms with E-state index in [0.29, 0.717) is 0 Å². The molecule has 0 bridgehead atoms. The molecule has 1 aromatic heterocycles. The first-order valence-electron chi connectivity index (χ1n) is 9.84. The van der Waals surface area contributed by atoms with Gasteiger partial charge < -0.3 is 14.6 Å². The Morgan fingerprint density at radius 3 is 2.55 bits per heavy atom. The molecule has 0 saturated carbocycles. The van der Waals surface area contributed by atoms with Crippen LogP contribution in [0.5, 0.6) is 11.5 Å². The monoisotopic (exact) mass is 410 g/mol. The third-order valence-electron chi connectivity index (χ3n) is 4.33. The van der Waals surface area contributed by atoms with Crippen LogP contribution in [-0.2, 0) is 11.3 Å². The van der Waals surface area contributed by atoms with Gasteiger partial charge in [-0.05, 0) is 49.7 Å². The van der Waals surface area contributed by atoms with Crippen LogP contribution in [0.2, 0.25) is 0 Å². The molecule has 0 fully saturated rings. The third kappa shape index (κ3) is 6.35. The van der Waals surface area contributed by atoms with E-state index < -0.39 is 0 Å². The number of nitrogens with one attached hydrogen (secondary N) is 1. The van der Waals surface area contributed by atoms with Crippen LogP contribution in [0.3, 0.4) is 0 Å². The Balaban J connectivity index is 1.52. The lowest BCUT2D eigenvalue weighted by atomic mass is 10.2. The van der Waals surface area contributed by atoms with E-state index >= 15 is 0 Å². The molecule has 3 aromatic rings. The van der Waals surface area contributed by atoms with Crippen molar-refractivity contribution in [3.05, 3.63) is 60.9 Å². The van der Waals surface area contributed by atoms with Gasteiger partial charge in [-0.3, -0.25) is 4.79 Å². The molecule has 1 atom stereocenters. The molecule has 0 unspecified atom stereocenters. The first kappa shape index (κ1) is 20.9. The lowest BCUT2D eigenvalue weighted by molar-refractivity contribution is -0.115. The molecule has 1 N–H and O–H groups in total. The summed E-state index contributed by atoms with van der Waals surface area (Å²) < 4.78 is 7.79. The average Bonchev–Trinajstić information content (AvgIpc) is 3.17. The van der Waals surface area contributed by atoms with Crippen LogP contribution < -0.4 is 10.1 Å². The topological polar surface area (TPSA) is 69.0 Å². The fraction of sp³-hybridized carbons (Fsp3) is 0.318. The number of thioether (sulfide) groups is 1. The fourth-order valence-corrected chi connectivity index (χ4v) is 3.56. The standard InChI is InChI=1S/C22H26N4O2S/c1-3-4-8-15-26-16-23-25-22(26)29-17(2)21(27)24-18-11-13-20(14-12-18)28-19-9-6-5-7-10-19/h5-7,9-14,16-17H,3-4,8,15H2,1-2H3,(H,24,27)/t17-/m0/s1. The Bertz CT molecular complexity index is 897. The van der Waals surface area contributed by atoms with Gasteiger partial charge in [0, 0.05) is 12.2 Å². The zero-order chi connectivity index (χ0) is 20.5. The second-order valence-electron chi connectivity index (χ2n) is 6.70. The van der Waals surface area contributed by atoms with Crippen LogP contribution >= 0.6 is 11.8 Å². The summed E-state index contributed by atoms with van der Waals surface area (Å²) >= 11 is 1.42. The number of para-hydroxylation sites is 1. The van der Waals surface area contributed by atoms with Crippen LogP contribution in [0.25, 0.3) is 0 Å². The molecule has 29 heavy (non-hydrogen) atoms. The van der Waals surface area contributed by atoms with Crippen LogP contribution in [0.15, 0.2) is 66.1 Å². The van der Waals surface area contributed by atoms with Gasteiger partial charge in [-0.1, -0.05) is 49.7 Å². The molecule has 6 nitrogen and oxygen atoms in total. The minimum atomic E-state index is -0.288. The number of hydrogen-bond donors (Lipinski definition) is 1. The van der Waals surface area contributed by atoms with Gasteiger partial charge in [0.05, 0.1) is 5.25 Å². The molecular weight excluding hydrogens is 384 g/mol. The van der Waals surface area contributed by atoms with E-state index in [1.165, 1.54) is 24.6 Å². The largest absolute Gasteiger partial charge is 0.457 e. The first-order chi connectivity index (χ1) is 14.2. The number of carbonyl (C=O) groups is 1. The average molecular weight is 411 g/mol. The Labute approximate surface area is 175 Å². The highest BCUT2D eigenvalue weighted by atomic mass is 32.2. The molecule has 152 valence electrons. The smallest absolute Gasteiger partial charge is 0.237 e. The van der Waals surface area contributed by atoms with Crippen LogP contribution in [-0.4, -0.2) is 25.9 Å². The van der Waals surface area contributed by atoms with Gasteiger partial charge in [0.2, 0.25) is 5.91 Å². The summed E-state index contributed by atoms with van der Waals surface area (Å²) in [5, 5.41) is 11.6. The number of ether oxygens (including phenoxy) is 1. The number of aryl methyl sites for hydroxylation is 1. The minimum Gasteiger partial charge on any atom is -0.457 e. The number of rotatable bonds is 10. The van der Waals surface area contributed by atoms with Crippen molar-refractivity contribution < 1.29 is 9.53 Å². The van der Waals surface area contributed by atoms with Crippen molar-refractivity contribution in [2.45, 2.75) is 50.1 Å². The Hall–Kier alpha value is -2.80. The molecule has 0 saturated heterocycles. The van der Waals surface area contributed by atoms with Crippen molar-refractivity contribution in [1.82, 2.24) is 14.8 Å². The fourth-order valence-electron chi connectivity index (χ4n) is 2.71. The second-order valence-corrected chi connectivity index (χ2v) is 8.01. The van der Waals surface area contributed by atoms with Crippen molar-refractivity contribution in [3.63, 3.8) is 0 Å². The van der Waals surface area contributed by atoms with Crippen LogP contribution in [0.1, 0.15) is 33.1 Å². The molecule has 0 aliphatic heterocycles. The molecule has 0 radical (unpaired) electrons. The van der Waals surface area contributed by atoms with Crippen LogP contribution in [0.4, 0.5) is 5.69 Å².